The molecule has 0 aliphatic carbocycles. The molecule has 2 nitrogen and oxygen atoms in total. The molecule has 0 bridgehead atoms. The Labute approximate surface area is 114 Å². The van der Waals surface area contributed by atoms with Crippen LogP contribution in [0.15, 0.2) is 35.2 Å². The molecule has 1 aromatic heterocycles. The Kier molecular flexibility index (Phi) is 4.19. The summed E-state index contributed by atoms with van der Waals surface area (Å²) in [5.74, 6) is 0.591. The molecule has 96 valence electrons. The minimum absolute atomic E-state index is 0.591. The Bertz CT molecular complexity index is 575. The van der Waals surface area contributed by atoms with Gasteiger partial charge in [0.2, 0.25) is 0 Å². The summed E-state index contributed by atoms with van der Waals surface area (Å²) in [5, 5.41) is 0. The average molecular weight is 279 g/mol. The number of anilines is 1. The van der Waals surface area contributed by atoms with E-state index in [-0.39, 0.29) is 0 Å². The van der Waals surface area contributed by atoms with Crippen LogP contribution >= 0.6 is 11.3 Å². The van der Waals surface area contributed by atoms with Crippen LogP contribution in [0, 0.1) is 6.92 Å². The van der Waals surface area contributed by atoms with E-state index in [2.05, 4.69) is 19.1 Å². The lowest BCUT2D eigenvalue weighted by atomic mass is 10.2. The fraction of sp³-hybridized carbons (Fsp3) is 0.286. The summed E-state index contributed by atoms with van der Waals surface area (Å²) in [6.45, 7) is 4.08. The van der Waals surface area contributed by atoms with Gasteiger partial charge in [0.15, 0.2) is 0 Å². The van der Waals surface area contributed by atoms with Crippen molar-refractivity contribution in [3.8, 4) is 0 Å². The summed E-state index contributed by atoms with van der Waals surface area (Å²) >= 11 is 1.75. The van der Waals surface area contributed by atoms with Crippen molar-refractivity contribution >= 4 is 27.8 Å². The van der Waals surface area contributed by atoms with Crippen molar-refractivity contribution in [3.63, 3.8) is 0 Å². The first-order chi connectivity index (χ1) is 8.60. The van der Waals surface area contributed by atoms with Gasteiger partial charge in [0, 0.05) is 20.3 Å². The van der Waals surface area contributed by atoms with Gasteiger partial charge in [-0.2, -0.15) is 0 Å². The van der Waals surface area contributed by atoms with Gasteiger partial charge in [0.05, 0.1) is 16.6 Å². The van der Waals surface area contributed by atoms with Crippen LogP contribution in [0.3, 0.4) is 0 Å². The number of hydrogen-bond donors (Lipinski definition) is 1. The standard InChI is InChI=1S/C14H17NOS2/c1-3-11-4-5-12(17-11)9-18(16)13-6-7-14(15)10(2)8-13/h4-8H,3,9,15H2,1-2H3. The predicted octanol–water partition coefficient (Wildman–Crippen LogP) is 3.51. The van der Waals surface area contributed by atoms with Crippen molar-refractivity contribution in [2.45, 2.75) is 30.9 Å². The second kappa shape index (κ2) is 5.67. The number of nitrogen functional groups attached to an aromatic ring is 1. The van der Waals surface area contributed by atoms with Crippen LogP contribution in [-0.4, -0.2) is 4.21 Å². The number of rotatable bonds is 4. The second-order valence-electron chi connectivity index (χ2n) is 4.23. The Morgan fingerprint density at radius 2 is 1.94 bits per heavy atom. The van der Waals surface area contributed by atoms with Gasteiger partial charge >= 0.3 is 0 Å². The molecule has 1 heterocycles. The number of nitrogens with two attached hydrogens (primary N) is 1. The summed E-state index contributed by atoms with van der Waals surface area (Å²) in [6, 6.07) is 9.79. The third kappa shape index (κ3) is 3.00. The van der Waals surface area contributed by atoms with Crippen LogP contribution in [-0.2, 0) is 23.0 Å². The van der Waals surface area contributed by atoms with Gasteiger partial charge in [-0.15, -0.1) is 11.3 Å². The first-order valence-electron chi connectivity index (χ1n) is 5.92. The van der Waals surface area contributed by atoms with Gasteiger partial charge in [-0.1, -0.05) is 6.92 Å². The molecule has 2 aromatic rings. The Morgan fingerprint density at radius 1 is 1.22 bits per heavy atom. The zero-order valence-electron chi connectivity index (χ0n) is 10.6. The molecule has 1 atom stereocenters. The molecule has 0 radical (unpaired) electrons. The van der Waals surface area contributed by atoms with E-state index in [0.29, 0.717) is 5.75 Å². The summed E-state index contributed by atoms with van der Waals surface area (Å²) in [5.41, 5.74) is 7.50. The van der Waals surface area contributed by atoms with E-state index < -0.39 is 10.8 Å². The van der Waals surface area contributed by atoms with Gasteiger partial charge in [-0.05, 0) is 49.2 Å². The summed E-state index contributed by atoms with van der Waals surface area (Å²) in [4.78, 5) is 3.38. The van der Waals surface area contributed by atoms with Crippen LogP contribution in [0.25, 0.3) is 0 Å². The van der Waals surface area contributed by atoms with Gasteiger partial charge in [-0.3, -0.25) is 4.21 Å². The maximum Gasteiger partial charge on any atom is 0.0626 e. The molecule has 0 amide bonds. The van der Waals surface area contributed by atoms with Crippen LogP contribution < -0.4 is 5.73 Å². The number of hydrogen-bond acceptors (Lipinski definition) is 3. The topological polar surface area (TPSA) is 43.1 Å². The monoisotopic (exact) mass is 279 g/mol. The molecular formula is C14H17NOS2. The smallest absolute Gasteiger partial charge is 0.0626 e. The highest BCUT2D eigenvalue weighted by Crippen LogP contribution is 2.22. The third-order valence-electron chi connectivity index (χ3n) is 2.84. The fourth-order valence-corrected chi connectivity index (χ4v) is 4.05. The van der Waals surface area contributed by atoms with Crippen molar-refractivity contribution in [3.05, 3.63) is 45.6 Å². The fourth-order valence-electron chi connectivity index (χ4n) is 1.69. The first kappa shape index (κ1) is 13.3. The molecule has 0 saturated carbocycles. The normalized spacial score (nSPS) is 12.6. The lowest BCUT2D eigenvalue weighted by molar-refractivity contribution is 0.683. The molecule has 2 rings (SSSR count). The Morgan fingerprint density at radius 3 is 2.56 bits per heavy atom. The van der Waals surface area contributed by atoms with Gasteiger partial charge in [-0.25, -0.2) is 0 Å². The van der Waals surface area contributed by atoms with E-state index in [1.165, 1.54) is 9.75 Å². The van der Waals surface area contributed by atoms with E-state index >= 15 is 0 Å². The SMILES string of the molecule is CCc1ccc(CS(=O)c2ccc(N)c(C)c2)s1. The largest absolute Gasteiger partial charge is 0.399 e. The second-order valence-corrected chi connectivity index (χ2v) is 6.93. The zero-order valence-corrected chi connectivity index (χ0v) is 12.2. The van der Waals surface area contributed by atoms with Crippen molar-refractivity contribution in [1.82, 2.24) is 0 Å². The predicted molar refractivity (Wildman–Crippen MR) is 79.4 cm³/mol. The minimum atomic E-state index is -0.987. The van der Waals surface area contributed by atoms with Crippen LogP contribution in [0.4, 0.5) is 5.69 Å². The van der Waals surface area contributed by atoms with E-state index in [1.54, 1.807) is 11.3 Å². The van der Waals surface area contributed by atoms with Crippen molar-refractivity contribution in [2.75, 3.05) is 5.73 Å². The third-order valence-corrected chi connectivity index (χ3v) is 5.61. The lowest BCUT2D eigenvalue weighted by Gasteiger charge is -2.04. The Balaban J connectivity index is 2.14. The molecule has 1 unspecified atom stereocenters. The maximum absolute atomic E-state index is 12.3. The quantitative estimate of drug-likeness (QED) is 0.870. The molecule has 4 heteroatoms. The Hall–Kier alpha value is -1.13. The van der Waals surface area contributed by atoms with Crippen molar-refractivity contribution in [1.29, 1.82) is 0 Å². The number of aryl methyl sites for hydroxylation is 2. The first-order valence-corrected chi connectivity index (χ1v) is 8.05. The molecule has 0 aliphatic rings. The highest BCUT2D eigenvalue weighted by Gasteiger charge is 2.08. The van der Waals surface area contributed by atoms with Gasteiger partial charge in [0.1, 0.15) is 0 Å². The number of benzene rings is 1. The molecule has 0 fully saturated rings. The number of thiophene rings is 1. The van der Waals surface area contributed by atoms with Crippen molar-refractivity contribution < 1.29 is 4.21 Å². The van der Waals surface area contributed by atoms with E-state index in [0.717, 1.165) is 22.6 Å². The molecular weight excluding hydrogens is 262 g/mol. The van der Waals surface area contributed by atoms with Crippen LogP contribution in [0.1, 0.15) is 22.2 Å². The van der Waals surface area contributed by atoms with Gasteiger partial charge < -0.3 is 5.73 Å². The molecule has 0 aliphatic heterocycles. The highest BCUT2D eigenvalue weighted by molar-refractivity contribution is 7.84. The zero-order chi connectivity index (χ0) is 13.1. The minimum Gasteiger partial charge on any atom is -0.399 e. The van der Waals surface area contributed by atoms with Crippen LogP contribution in [0.5, 0.6) is 0 Å². The molecule has 0 spiro atoms. The van der Waals surface area contributed by atoms with Crippen molar-refractivity contribution in [2.24, 2.45) is 0 Å². The lowest BCUT2D eigenvalue weighted by Crippen LogP contribution is -1.97. The highest BCUT2D eigenvalue weighted by atomic mass is 32.2. The van der Waals surface area contributed by atoms with Crippen LogP contribution in [0.2, 0.25) is 0 Å². The summed E-state index contributed by atoms with van der Waals surface area (Å²) in [7, 11) is -0.987. The van der Waals surface area contributed by atoms with E-state index in [1.807, 2.05) is 25.1 Å². The maximum atomic E-state index is 12.3. The molecule has 1 aromatic carbocycles. The molecule has 0 saturated heterocycles. The summed E-state index contributed by atoms with van der Waals surface area (Å²) < 4.78 is 12.3. The average Bonchev–Trinajstić information content (AvgIpc) is 2.80. The molecule has 2 N–H and O–H groups in total. The van der Waals surface area contributed by atoms with Gasteiger partial charge in [0.25, 0.3) is 0 Å². The van der Waals surface area contributed by atoms with E-state index in [4.69, 9.17) is 5.73 Å². The summed E-state index contributed by atoms with van der Waals surface area (Å²) in [6.07, 6.45) is 1.04. The van der Waals surface area contributed by atoms with E-state index in [9.17, 15) is 4.21 Å². The molecule has 18 heavy (non-hydrogen) atoms.